The van der Waals surface area contributed by atoms with Gasteiger partial charge in [0.2, 0.25) is 0 Å². The molecule has 0 aliphatic rings. The lowest BCUT2D eigenvalue weighted by Crippen LogP contribution is -2.46. The fourth-order valence-electron chi connectivity index (χ4n) is 1.57. The maximum atomic E-state index is 11.9. The fourth-order valence-corrected chi connectivity index (χ4v) is 2.37. The lowest BCUT2D eigenvalue weighted by atomic mass is 10.0. The molecule has 0 bridgehead atoms. The second kappa shape index (κ2) is 8.34. The minimum atomic E-state index is -3.93. The molecule has 0 aliphatic heterocycles. The van der Waals surface area contributed by atoms with Crippen LogP contribution in [0.4, 0.5) is 0 Å². The third-order valence-electron chi connectivity index (χ3n) is 3.01. The maximum absolute atomic E-state index is 11.9. The molecule has 4 atom stereocenters. The summed E-state index contributed by atoms with van der Waals surface area (Å²) >= 11 is 0. The monoisotopic (exact) mass is 348 g/mol. The summed E-state index contributed by atoms with van der Waals surface area (Å²) in [6, 6.07) is 5.95. The molecule has 0 unspecified atom stereocenters. The largest absolute Gasteiger partial charge is 0.394 e. The Hall–Kier alpha value is -1.56. The molecule has 0 amide bonds. The van der Waals surface area contributed by atoms with Crippen LogP contribution < -0.4 is 4.83 Å². The molecule has 0 radical (unpaired) electrons. The van der Waals surface area contributed by atoms with Crippen molar-refractivity contribution < 1.29 is 34.0 Å². The summed E-state index contributed by atoms with van der Waals surface area (Å²) in [7, 11) is -3.93. The minimum Gasteiger partial charge on any atom is -0.394 e. The predicted octanol–water partition coefficient (Wildman–Crippen LogP) is -2.30. The van der Waals surface area contributed by atoms with Gasteiger partial charge in [0.15, 0.2) is 0 Å². The zero-order valence-electron chi connectivity index (χ0n) is 12.3. The minimum absolute atomic E-state index is 0.0361. The molecule has 0 aromatic heterocycles. The number of rotatable bonds is 8. The number of benzene rings is 1. The van der Waals surface area contributed by atoms with Gasteiger partial charge in [-0.25, -0.2) is 4.83 Å². The van der Waals surface area contributed by atoms with Crippen LogP contribution in [0.2, 0.25) is 0 Å². The first-order valence-electron chi connectivity index (χ1n) is 6.64. The smallest absolute Gasteiger partial charge is 0.276 e. The highest BCUT2D eigenvalue weighted by Gasteiger charge is 2.29. The Morgan fingerprint density at radius 2 is 1.70 bits per heavy atom. The highest BCUT2D eigenvalue weighted by atomic mass is 32.2. The van der Waals surface area contributed by atoms with E-state index in [1.165, 1.54) is 12.1 Å². The van der Waals surface area contributed by atoms with Gasteiger partial charge in [-0.15, -0.1) is 0 Å². The number of nitrogens with zero attached hydrogens (tertiary/aromatic N) is 1. The first-order chi connectivity index (χ1) is 10.7. The van der Waals surface area contributed by atoms with E-state index in [1.54, 1.807) is 19.1 Å². The van der Waals surface area contributed by atoms with Crippen molar-refractivity contribution in [3.05, 3.63) is 29.8 Å². The highest BCUT2D eigenvalue weighted by molar-refractivity contribution is 7.89. The molecule has 23 heavy (non-hydrogen) atoms. The molecule has 0 aliphatic carbocycles. The van der Waals surface area contributed by atoms with Gasteiger partial charge in [-0.2, -0.15) is 13.5 Å². The van der Waals surface area contributed by atoms with Gasteiger partial charge in [-0.05, 0) is 19.1 Å². The molecule has 0 saturated heterocycles. The van der Waals surface area contributed by atoms with Crippen LogP contribution in [0.5, 0.6) is 0 Å². The second-order valence-electron chi connectivity index (χ2n) is 4.91. The Bertz CT molecular complexity index is 618. The Morgan fingerprint density at radius 3 is 2.22 bits per heavy atom. The van der Waals surface area contributed by atoms with Crippen LogP contribution in [0.3, 0.4) is 0 Å². The topological polar surface area (TPSA) is 160 Å². The molecule has 6 N–H and O–H groups in total. The second-order valence-corrected chi connectivity index (χ2v) is 6.57. The van der Waals surface area contributed by atoms with Crippen molar-refractivity contribution in [1.29, 1.82) is 0 Å². The Labute approximate surface area is 133 Å². The molecule has 0 fully saturated rings. The summed E-state index contributed by atoms with van der Waals surface area (Å²) in [5.41, 5.74) is 0.877. The molecule has 0 saturated carbocycles. The van der Waals surface area contributed by atoms with Crippen molar-refractivity contribution in [3.63, 3.8) is 0 Å². The number of aryl methyl sites for hydroxylation is 1. The van der Waals surface area contributed by atoms with Gasteiger partial charge in [-0.3, -0.25) is 0 Å². The number of aliphatic hydroxyl groups is 5. The highest BCUT2D eigenvalue weighted by Crippen LogP contribution is 2.09. The summed E-state index contributed by atoms with van der Waals surface area (Å²) in [6.07, 6.45) is -6.44. The van der Waals surface area contributed by atoms with Gasteiger partial charge in [0.25, 0.3) is 10.0 Å². The van der Waals surface area contributed by atoms with Gasteiger partial charge in [0.05, 0.1) is 17.7 Å². The van der Waals surface area contributed by atoms with E-state index in [0.717, 1.165) is 5.56 Å². The molecule has 1 aromatic carbocycles. The number of hydrogen-bond donors (Lipinski definition) is 6. The van der Waals surface area contributed by atoms with E-state index in [4.69, 9.17) is 10.2 Å². The van der Waals surface area contributed by atoms with Crippen molar-refractivity contribution in [2.24, 2.45) is 5.10 Å². The van der Waals surface area contributed by atoms with Crippen LogP contribution in [0.25, 0.3) is 0 Å². The zero-order valence-corrected chi connectivity index (χ0v) is 13.1. The van der Waals surface area contributed by atoms with E-state index < -0.39 is 41.0 Å². The van der Waals surface area contributed by atoms with E-state index >= 15 is 0 Å². The molecule has 1 rings (SSSR count). The lowest BCUT2D eigenvalue weighted by Gasteiger charge is -2.23. The summed E-state index contributed by atoms with van der Waals surface area (Å²) in [6.45, 7) is 0.980. The van der Waals surface area contributed by atoms with Gasteiger partial charge in [0.1, 0.15) is 24.4 Å². The summed E-state index contributed by atoms with van der Waals surface area (Å²) in [4.78, 5) is 1.80. The average molecular weight is 348 g/mol. The molecule has 10 heteroatoms. The number of hydrazone groups is 1. The molecule has 0 spiro atoms. The SMILES string of the molecule is Cc1ccc(S(=O)(=O)N/N=C\[C@@H](O)[C@H](O)[C@H](O)[C@H](O)CO)cc1. The molecule has 9 nitrogen and oxygen atoms in total. The fraction of sp³-hybridized carbons (Fsp3) is 0.462. The van der Waals surface area contributed by atoms with E-state index in [2.05, 4.69) is 5.10 Å². The van der Waals surface area contributed by atoms with Crippen molar-refractivity contribution in [1.82, 2.24) is 4.83 Å². The van der Waals surface area contributed by atoms with E-state index in [1.807, 2.05) is 4.83 Å². The Morgan fingerprint density at radius 1 is 1.13 bits per heavy atom. The molecule has 1 aromatic rings. The third kappa shape index (κ3) is 5.53. The van der Waals surface area contributed by atoms with Crippen LogP contribution in [0, 0.1) is 6.92 Å². The predicted molar refractivity (Wildman–Crippen MR) is 81.1 cm³/mol. The average Bonchev–Trinajstić information content (AvgIpc) is 2.52. The Balaban J connectivity index is 2.69. The van der Waals surface area contributed by atoms with Gasteiger partial charge < -0.3 is 25.5 Å². The summed E-state index contributed by atoms with van der Waals surface area (Å²) in [5.74, 6) is 0. The van der Waals surface area contributed by atoms with Crippen LogP contribution in [-0.4, -0.2) is 71.2 Å². The first-order valence-corrected chi connectivity index (χ1v) is 8.12. The molecule has 0 heterocycles. The summed E-state index contributed by atoms with van der Waals surface area (Å²) < 4.78 is 23.8. The Kier molecular flexibility index (Phi) is 7.06. The van der Waals surface area contributed by atoms with Gasteiger partial charge >= 0.3 is 0 Å². The van der Waals surface area contributed by atoms with Crippen molar-refractivity contribution in [3.8, 4) is 0 Å². The number of aliphatic hydroxyl groups excluding tert-OH is 5. The van der Waals surface area contributed by atoms with Crippen molar-refractivity contribution in [2.45, 2.75) is 36.2 Å². The molecular formula is C13H20N2O7S. The quantitative estimate of drug-likeness (QED) is 0.227. The van der Waals surface area contributed by atoms with Gasteiger partial charge in [0, 0.05) is 0 Å². The first kappa shape index (κ1) is 19.5. The number of nitrogens with one attached hydrogen (secondary N) is 1. The van der Waals surface area contributed by atoms with E-state index in [-0.39, 0.29) is 4.90 Å². The maximum Gasteiger partial charge on any atom is 0.276 e. The van der Waals surface area contributed by atoms with Crippen LogP contribution in [-0.2, 0) is 10.0 Å². The van der Waals surface area contributed by atoms with Crippen molar-refractivity contribution in [2.75, 3.05) is 6.61 Å². The van der Waals surface area contributed by atoms with Crippen LogP contribution in [0.15, 0.2) is 34.3 Å². The van der Waals surface area contributed by atoms with E-state index in [0.29, 0.717) is 6.21 Å². The standard InChI is InChI=1S/C13H20N2O7S/c1-8-2-4-9(5-3-8)23(21,22)15-14-6-10(17)12(19)13(20)11(18)7-16/h2-6,10-13,15-20H,7H2,1H3/b14-6-/t10-,11-,12+,13-/m1/s1. The zero-order chi connectivity index (χ0) is 17.6. The van der Waals surface area contributed by atoms with Crippen LogP contribution in [0.1, 0.15) is 5.56 Å². The van der Waals surface area contributed by atoms with Gasteiger partial charge in [-0.1, -0.05) is 17.7 Å². The van der Waals surface area contributed by atoms with Crippen molar-refractivity contribution >= 4 is 16.2 Å². The summed E-state index contributed by atoms with van der Waals surface area (Å²) in [5, 5.41) is 49.6. The number of hydrogen-bond acceptors (Lipinski definition) is 8. The van der Waals surface area contributed by atoms with Crippen LogP contribution >= 0.6 is 0 Å². The molecular weight excluding hydrogens is 328 g/mol. The normalized spacial score (nSPS) is 17.7. The molecule has 130 valence electrons. The number of sulfonamides is 1. The lowest BCUT2D eigenvalue weighted by molar-refractivity contribution is -0.0999. The third-order valence-corrected chi connectivity index (χ3v) is 4.25. The van der Waals surface area contributed by atoms with E-state index in [9.17, 15) is 23.7 Å².